The SMILES string of the molecule is COC(=O)Cc1[nH]n(-c2ccc([N+](=O)[O-])cc2)c(=O)c1C(C)=Nc1ccccc1C(=O)OC. The number of carbonyl (C=O) groups is 2. The molecule has 11 heteroatoms. The largest absolute Gasteiger partial charge is 0.469 e. The van der Waals surface area contributed by atoms with E-state index in [1.807, 2.05) is 0 Å². The number of para-hydroxylation sites is 1. The number of esters is 2. The Kier molecular flexibility index (Phi) is 6.82. The van der Waals surface area contributed by atoms with Crippen molar-refractivity contribution in [1.29, 1.82) is 0 Å². The topological polar surface area (TPSA) is 146 Å². The normalized spacial score (nSPS) is 11.2. The van der Waals surface area contributed by atoms with Crippen LogP contribution in [0.25, 0.3) is 5.69 Å². The maximum absolute atomic E-state index is 13.3. The number of H-pyrrole nitrogens is 1. The number of methoxy groups -OCH3 is 2. The zero-order chi connectivity index (χ0) is 24.1. The number of nitro benzene ring substituents is 1. The number of aromatic nitrogens is 2. The molecule has 1 N–H and O–H groups in total. The average Bonchev–Trinajstić information content (AvgIpc) is 3.14. The number of non-ortho nitro benzene ring substituents is 1. The Balaban J connectivity index is 2.15. The van der Waals surface area contributed by atoms with Gasteiger partial charge in [-0.2, -0.15) is 0 Å². The zero-order valence-corrected chi connectivity index (χ0v) is 18.0. The molecule has 0 atom stereocenters. The molecule has 1 aromatic heterocycles. The summed E-state index contributed by atoms with van der Waals surface area (Å²) in [7, 11) is 2.47. The summed E-state index contributed by atoms with van der Waals surface area (Å²) in [5.74, 6) is -1.18. The lowest BCUT2D eigenvalue weighted by molar-refractivity contribution is -0.384. The number of nitrogens with zero attached hydrogens (tertiary/aromatic N) is 3. The van der Waals surface area contributed by atoms with E-state index in [-0.39, 0.29) is 40.3 Å². The fourth-order valence-electron chi connectivity index (χ4n) is 3.20. The Labute approximate surface area is 187 Å². The summed E-state index contributed by atoms with van der Waals surface area (Å²) in [4.78, 5) is 52.1. The minimum absolute atomic E-state index is 0.110. The number of carbonyl (C=O) groups excluding carboxylic acids is 2. The minimum atomic E-state index is -0.589. The number of ether oxygens (including phenoxy) is 2. The number of hydrogen-bond acceptors (Lipinski definition) is 8. The van der Waals surface area contributed by atoms with Crippen LogP contribution in [0, 0.1) is 10.1 Å². The molecule has 2 aromatic carbocycles. The number of aliphatic imine (C=N–C) groups is 1. The van der Waals surface area contributed by atoms with Crippen LogP contribution in [0.2, 0.25) is 0 Å². The molecule has 0 unspecified atom stereocenters. The third-order valence-corrected chi connectivity index (χ3v) is 4.79. The van der Waals surface area contributed by atoms with Gasteiger partial charge in [0.2, 0.25) is 0 Å². The van der Waals surface area contributed by atoms with Crippen molar-refractivity contribution in [1.82, 2.24) is 9.78 Å². The van der Waals surface area contributed by atoms with Gasteiger partial charge in [-0.1, -0.05) is 12.1 Å². The van der Waals surface area contributed by atoms with Gasteiger partial charge in [0.25, 0.3) is 11.2 Å². The molecule has 0 saturated carbocycles. The highest BCUT2D eigenvalue weighted by Crippen LogP contribution is 2.22. The summed E-state index contributed by atoms with van der Waals surface area (Å²) in [6.45, 7) is 1.57. The Morgan fingerprint density at radius 1 is 1.09 bits per heavy atom. The first kappa shape index (κ1) is 23.1. The third-order valence-electron chi connectivity index (χ3n) is 4.79. The molecule has 3 aromatic rings. The van der Waals surface area contributed by atoms with E-state index in [0.29, 0.717) is 5.69 Å². The molecular weight excluding hydrogens is 432 g/mol. The molecule has 3 rings (SSSR count). The molecule has 0 aliphatic heterocycles. The van der Waals surface area contributed by atoms with E-state index in [9.17, 15) is 24.5 Å². The summed E-state index contributed by atoms with van der Waals surface area (Å²) in [6.07, 6.45) is -0.243. The van der Waals surface area contributed by atoms with E-state index in [2.05, 4.69) is 10.1 Å². The maximum atomic E-state index is 13.3. The molecule has 0 spiro atoms. The number of rotatable bonds is 7. The van der Waals surface area contributed by atoms with E-state index in [1.54, 1.807) is 31.2 Å². The second-order valence-corrected chi connectivity index (χ2v) is 6.84. The predicted molar refractivity (Wildman–Crippen MR) is 118 cm³/mol. The first-order valence-corrected chi connectivity index (χ1v) is 9.65. The number of aromatic amines is 1. The van der Waals surface area contributed by atoms with Crippen LogP contribution in [0.3, 0.4) is 0 Å². The quantitative estimate of drug-likeness (QED) is 0.251. The van der Waals surface area contributed by atoms with Gasteiger partial charge in [0.15, 0.2) is 0 Å². The Bertz CT molecular complexity index is 1300. The molecule has 11 nitrogen and oxygen atoms in total. The van der Waals surface area contributed by atoms with Crippen LogP contribution in [0.15, 0.2) is 58.3 Å². The van der Waals surface area contributed by atoms with Gasteiger partial charge < -0.3 is 9.47 Å². The van der Waals surface area contributed by atoms with E-state index >= 15 is 0 Å². The third kappa shape index (κ3) is 4.87. The Morgan fingerprint density at radius 2 is 1.76 bits per heavy atom. The van der Waals surface area contributed by atoms with Gasteiger partial charge in [0.1, 0.15) is 0 Å². The molecule has 33 heavy (non-hydrogen) atoms. The standard InChI is InChI=1S/C22H20N4O7/c1-13(23-17-7-5-4-6-16(17)22(29)33-3)20-18(12-19(27)32-2)24-25(21(20)28)14-8-10-15(11-9-14)26(30)31/h4-11,24H,12H2,1-3H3. The second-order valence-electron chi connectivity index (χ2n) is 6.84. The first-order chi connectivity index (χ1) is 15.8. The molecule has 1 heterocycles. The fraction of sp³-hybridized carbons (Fsp3) is 0.182. The molecule has 0 aliphatic carbocycles. The van der Waals surface area contributed by atoms with Crippen LogP contribution < -0.4 is 5.56 Å². The van der Waals surface area contributed by atoms with E-state index < -0.39 is 22.4 Å². The highest BCUT2D eigenvalue weighted by molar-refractivity contribution is 6.03. The molecule has 0 amide bonds. The molecule has 170 valence electrons. The van der Waals surface area contributed by atoms with E-state index in [1.165, 1.54) is 38.5 Å². The van der Waals surface area contributed by atoms with Gasteiger partial charge in [-0.15, -0.1) is 0 Å². The highest BCUT2D eigenvalue weighted by Gasteiger charge is 2.21. The molecule has 0 bridgehead atoms. The molecule has 0 fully saturated rings. The van der Waals surface area contributed by atoms with Gasteiger partial charge >= 0.3 is 11.9 Å². The van der Waals surface area contributed by atoms with E-state index in [4.69, 9.17) is 9.47 Å². The lowest BCUT2D eigenvalue weighted by atomic mass is 10.1. The number of hydrogen-bond donors (Lipinski definition) is 1. The summed E-state index contributed by atoms with van der Waals surface area (Å²) in [5.41, 5.74) is 0.747. The first-order valence-electron chi connectivity index (χ1n) is 9.65. The number of benzene rings is 2. The zero-order valence-electron chi connectivity index (χ0n) is 18.0. The molecule has 0 radical (unpaired) electrons. The summed E-state index contributed by atoms with van der Waals surface area (Å²) in [6, 6.07) is 11.8. The molecule has 0 saturated heterocycles. The molecule has 0 aliphatic rings. The van der Waals surface area contributed by atoms with Crippen LogP contribution in [0.4, 0.5) is 11.4 Å². The number of nitro groups is 1. The van der Waals surface area contributed by atoms with Crippen molar-refractivity contribution in [2.45, 2.75) is 13.3 Å². The summed E-state index contributed by atoms with van der Waals surface area (Å²) in [5, 5.41) is 13.8. The van der Waals surface area contributed by atoms with Crippen LogP contribution in [0.1, 0.15) is 28.5 Å². The van der Waals surface area contributed by atoms with Crippen LogP contribution in [-0.4, -0.2) is 46.6 Å². The van der Waals surface area contributed by atoms with Crippen molar-refractivity contribution in [2.75, 3.05) is 14.2 Å². The lowest BCUT2D eigenvalue weighted by Gasteiger charge is -2.05. The van der Waals surface area contributed by atoms with Crippen LogP contribution in [-0.2, 0) is 20.7 Å². The lowest BCUT2D eigenvalue weighted by Crippen LogP contribution is -2.20. The smallest absolute Gasteiger partial charge is 0.340 e. The van der Waals surface area contributed by atoms with Crippen molar-refractivity contribution in [2.24, 2.45) is 4.99 Å². The van der Waals surface area contributed by atoms with Crippen molar-refractivity contribution in [3.8, 4) is 5.69 Å². The number of nitrogens with one attached hydrogen (secondary N) is 1. The highest BCUT2D eigenvalue weighted by atomic mass is 16.6. The summed E-state index contributed by atoms with van der Waals surface area (Å²) < 4.78 is 10.7. The van der Waals surface area contributed by atoms with Crippen molar-refractivity contribution < 1.29 is 24.0 Å². The Morgan fingerprint density at radius 3 is 2.36 bits per heavy atom. The fourth-order valence-corrected chi connectivity index (χ4v) is 3.20. The maximum Gasteiger partial charge on any atom is 0.340 e. The summed E-state index contributed by atoms with van der Waals surface area (Å²) >= 11 is 0. The van der Waals surface area contributed by atoms with Crippen LogP contribution >= 0.6 is 0 Å². The second kappa shape index (κ2) is 9.73. The van der Waals surface area contributed by atoms with Crippen molar-refractivity contribution in [3.05, 3.63) is 85.8 Å². The van der Waals surface area contributed by atoms with Crippen LogP contribution in [0.5, 0.6) is 0 Å². The van der Waals surface area contributed by atoms with E-state index in [0.717, 1.165) is 4.68 Å². The van der Waals surface area contributed by atoms with Crippen molar-refractivity contribution in [3.63, 3.8) is 0 Å². The van der Waals surface area contributed by atoms with Gasteiger partial charge in [-0.25, -0.2) is 9.48 Å². The van der Waals surface area contributed by atoms with Gasteiger partial charge in [0.05, 0.1) is 59.5 Å². The minimum Gasteiger partial charge on any atom is -0.469 e. The average molecular weight is 452 g/mol. The monoisotopic (exact) mass is 452 g/mol. The van der Waals surface area contributed by atoms with Gasteiger partial charge in [-0.05, 0) is 31.2 Å². The molecular formula is C22H20N4O7. The van der Waals surface area contributed by atoms with Crippen molar-refractivity contribution >= 4 is 29.0 Å². The predicted octanol–water partition coefficient (Wildman–Crippen LogP) is 2.72. The Hall–Kier alpha value is -4.54. The van der Waals surface area contributed by atoms with Gasteiger partial charge in [0, 0.05) is 12.1 Å². The van der Waals surface area contributed by atoms with Gasteiger partial charge in [-0.3, -0.25) is 29.8 Å².